The van der Waals surface area contributed by atoms with E-state index >= 15 is 0 Å². The summed E-state index contributed by atoms with van der Waals surface area (Å²) in [7, 11) is -3.05. The van der Waals surface area contributed by atoms with Crippen LogP contribution in [0, 0.1) is 5.92 Å². The van der Waals surface area contributed by atoms with Gasteiger partial charge >= 0.3 is 5.97 Å². The highest BCUT2D eigenvalue weighted by molar-refractivity contribution is 7.91. The largest absolute Gasteiger partial charge is 0.480 e. The molecule has 7 nitrogen and oxygen atoms in total. The summed E-state index contributed by atoms with van der Waals surface area (Å²) in [4.78, 5) is 24.8. The van der Waals surface area contributed by atoms with Gasteiger partial charge in [0, 0.05) is 12.6 Å². The molecule has 1 rings (SSSR count). The van der Waals surface area contributed by atoms with E-state index in [1.807, 2.05) is 0 Å². The van der Waals surface area contributed by atoms with Gasteiger partial charge in [-0.2, -0.15) is 0 Å². The zero-order valence-electron chi connectivity index (χ0n) is 12.7. The van der Waals surface area contributed by atoms with Gasteiger partial charge < -0.3 is 10.0 Å². The van der Waals surface area contributed by atoms with Crippen LogP contribution in [0.5, 0.6) is 0 Å². The lowest BCUT2D eigenvalue weighted by Crippen LogP contribution is -2.49. The number of carbonyl (C=O) groups is 2. The number of aliphatic carboxylic acids is 1. The first kappa shape index (κ1) is 17.9. The highest BCUT2D eigenvalue weighted by Crippen LogP contribution is 2.17. The first-order valence-electron chi connectivity index (χ1n) is 7.14. The van der Waals surface area contributed by atoms with Gasteiger partial charge in [0.05, 0.1) is 18.1 Å². The minimum absolute atomic E-state index is 0.000873. The van der Waals surface area contributed by atoms with E-state index in [1.54, 1.807) is 20.8 Å². The molecule has 2 unspecified atom stereocenters. The van der Waals surface area contributed by atoms with Crippen LogP contribution in [0.3, 0.4) is 0 Å². The van der Waals surface area contributed by atoms with Crippen molar-refractivity contribution in [2.45, 2.75) is 39.3 Å². The van der Waals surface area contributed by atoms with Gasteiger partial charge in [-0.05, 0) is 19.3 Å². The van der Waals surface area contributed by atoms with Crippen molar-refractivity contribution in [3.8, 4) is 0 Å². The van der Waals surface area contributed by atoms with Crippen molar-refractivity contribution in [2.24, 2.45) is 5.92 Å². The van der Waals surface area contributed by atoms with Gasteiger partial charge in [-0.1, -0.05) is 13.8 Å². The van der Waals surface area contributed by atoms with Gasteiger partial charge in [0.15, 0.2) is 9.84 Å². The summed E-state index contributed by atoms with van der Waals surface area (Å²) >= 11 is 0. The quantitative estimate of drug-likeness (QED) is 0.669. The number of sulfone groups is 1. The molecule has 0 saturated carbocycles. The number of carbonyl (C=O) groups excluding carboxylic acids is 1. The molecular formula is C13H24N2O5S. The van der Waals surface area contributed by atoms with Crippen molar-refractivity contribution in [2.75, 3.05) is 24.6 Å². The van der Waals surface area contributed by atoms with Crippen molar-refractivity contribution < 1.29 is 23.1 Å². The van der Waals surface area contributed by atoms with Crippen molar-refractivity contribution in [3.05, 3.63) is 0 Å². The Kier molecular flexibility index (Phi) is 6.15. The Balaban J connectivity index is 2.62. The van der Waals surface area contributed by atoms with E-state index in [-0.39, 0.29) is 35.9 Å². The van der Waals surface area contributed by atoms with Crippen molar-refractivity contribution in [1.29, 1.82) is 0 Å². The Labute approximate surface area is 125 Å². The molecule has 1 amide bonds. The summed E-state index contributed by atoms with van der Waals surface area (Å²) in [6.07, 6.45) is 0.453. The van der Waals surface area contributed by atoms with Crippen LogP contribution in [0.2, 0.25) is 0 Å². The Morgan fingerprint density at radius 2 is 2.00 bits per heavy atom. The Hall–Kier alpha value is -1.15. The van der Waals surface area contributed by atoms with Crippen LogP contribution in [0.25, 0.3) is 0 Å². The SMILES string of the molecule is CCN(C(=O)CNC(C(=O)O)C(C)C)C1CCS(=O)(=O)C1. The number of nitrogens with zero attached hydrogens (tertiary/aromatic N) is 1. The predicted molar refractivity (Wildman–Crippen MR) is 78.7 cm³/mol. The lowest BCUT2D eigenvalue weighted by molar-refractivity contribution is -0.141. The summed E-state index contributed by atoms with van der Waals surface area (Å²) in [5.74, 6) is -1.29. The lowest BCUT2D eigenvalue weighted by atomic mass is 10.0. The molecule has 0 aromatic rings. The van der Waals surface area contributed by atoms with Crippen LogP contribution in [0.15, 0.2) is 0 Å². The molecule has 2 N–H and O–H groups in total. The molecule has 0 bridgehead atoms. The van der Waals surface area contributed by atoms with E-state index in [9.17, 15) is 18.0 Å². The van der Waals surface area contributed by atoms with Crippen molar-refractivity contribution in [3.63, 3.8) is 0 Å². The standard InChI is InChI=1S/C13H24N2O5S/c1-4-15(10-5-6-21(19,20)8-10)11(16)7-14-12(9(2)3)13(17)18/h9-10,12,14H,4-8H2,1-3H3,(H,17,18). The Bertz CT molecular complexity index is 489. The maximum absolute atomic E-state index is 12.2. The molecule has 0 aromatic carbocycles. The van der Waals surface area contributed by atoms with Crippen LogP contribution < -0.4 is 5.32 Å². The van der Waals surface area contributed by atoms with Crippen molar-refractivity contribution in [1.82, 2.24) is 10.2 Å². The summed E-state index contributed by atoms with van der Waals surface area (Å²) < 4.78 is 23.0. The molecule has 2 atom stereocenters. The highest BCUT2D eigenvalue weighted by Gasteiger charge is 2.34. The summed E-state index contributed by atoms with van der Waals surface area (Å²) in [6, 6.07) is -1.09. The number of carboxylic acids is 1. The van der Waals surface area contributed by atoms with Gasteiger partial charge in [0.1, 0.15) is 6.04 Å². The maximum atomic E-state index is 12.2. The zero-order chi connectivity index (χ0) is 16.2. The second-order valence-corrected chi connectivity index (χ2v) is 7.91. The molecule has 122 valence electrons. The van der Waals surface area contributed by atoms with Gasteiger partial charge in [0.25, 0.3) is 0 Å². The van der Waals surface area contributed by atoms with Crippen LogP contribution in [-0.2, 0) is 19.4 Å². The van der Waals surface area contributed by atoms with E-state index in [1.165, 1.54) is 4.90 Å². The molecule has 0 radical (unpaired) electrons. The number of rotatable bonds is 7. The highest BCUT2D eigenvalue weighted by atomic mass is 32.2. The zero-order valence-corrected chi connectivity index (χ0v) is 13.5. The number of hydrogen-bond donors (Lipinski definition) is 2. The monoisotopic (exact) mass is 320 g/mol. The smallest absolute Gasteiger partial charge is 0.320 e. The van der Waals surface area contributed by atoms with Crippen molar-refractivity contribution >= 4 is 21.7 Å². The van der Waals surface area contributed by atoms with Crippen LogP contribution in [0.1, 0.15) is 27.2 Å². The first-order valence-corrected chi connectivity index (χ1v) is 8.96. The predicted octanol–water partition coefficient (Wildman–Crippen LogP) is -0.279. The third-order valence-corrected chi connectivity index (χ3v) is 5.47. The van der Waals surface area contributed by atoms with Crippen LogP contribution >= 0.6 is 0 Å². The number of likely N-dealkylation sites (N-methyl/N-ethyl adjacent to an activating group) is 1. The van der Waals surface area contributed by atoms with E-state index in [0.29, 0.717) is 13.0 Å². The lowest BCUT2D eigenvalue weighted by Gasteiger charge is -2.28. The van der Waals surface area contributed by atoms with E-state index in [4.69, 9.17) is 5.11 Å². The third-order valence-electron chi connectivity index (χ3n) is 3.72. The Morgan fingerprint density at radius 3 is 2.38 bits per heavy atom. The molecule has 1 aliphatic heterocycles. The van der Waals surface area contributed by atoms with Gasteiger partial charge in [-0.25, -0.2) is 8.42 Å². The summed E-state index contributed by atoms with van der Waals surface area (Å²) in [6.45, 7) is 5.63. The molecule has 1 heterocycles. The number of carboxylic acid groups (broad SMARTS) is 1. The first-order chi connectivity index (χ1) is 9.68. The number of hydrogen-bond acceptors (Lipinski definition) is 5. The van der Waals surface area contributed by atoms with Crippen LogP contribution in [0.4, 0.5) is 0 Å². The summed E-state index contributed by atoms with van der Waals surface area (Å²) in [5, 5.41) is 11.8. The average molecular weight is 320 g/mol. The van der Waals surface area contributed by atoms with E-state index < -0.39 is 21.8 Å². The normalized spacial score (nSPS) is 22.2. The molecule has 0 aliphatic carbocycles. The second kappa shape index (κ2) is 7.22. The number of nitrogens with one attached hydrogen (secondary N) is 1. The van der Waals surface area contributed by atoms with E-state index in [2.05, 4.69) is 5.32 Å². The molecule has 1 fully saturated rings. The molecular weight excluding hydrogens is 296 g/mol. The molecule has 1 aliphatic rings. The van der Waals surface area contributed by atoms with Gasteiger partial charge in [-0.15, -0.1) is 0 Å². The molecule has 21 heavy (non-hydrogen) atoms. The second-order valence-electron chi connectivity index (χ2n) is 5.68. The molecule has 1 saturated heterocycles. The minimum Gasteiger partial charge on any atom is -0.480 e. The maximum Gasteiger partial charge on any atom is 0.320 e. The van der Waals surface area contributed by atoms with Gasteiger partial charge in [0.2, 0.25) is 5.91 Å². The molecule has 0 aromatic heterocycles. The molecule has 8 heteroatoms. The fraction of sp³-hybridized carbons (Fsp3) is 0.846. The summed E-state index contributed by atoms with van der Waals surface area (Å²) in [5.41, 5.74) is 0. The topological polar surface area (TPSA) is 104 Å². The average Bonchev–Trinajstić information content (AvgIpc) is 2.69. The fourth-order valence-corrected chi connectivity index (χ4v) is 4.30. The minimum atomic E-state index is -3.05. The van der Waals surface area contributed by atoms with Crippen LogP contribution in [-0.4, -0.2) is 67.0 Å². The third kappa shape index (κ3) is 4.96. The van der Waals surface area contributed by atoms with E-state index in [0.717, 1.165) is 0 Å². The fourth-order valence-electron chi connectivity index (χ4n) is 2.57. The molecule has 0 spiro atoms. The number of amides is 1. The van der Waals surface area contributed by atoms with Gasteiger partial charge in [-0.3, -0.25) is 14.9 Å². The Morgan fingerprint density at radius 1 is 1.38 bits per heavy atom.